The molecule has 1 aliphatic carbocycles. The summed E-state index contributed by atoms with van der Waals surface area (Å²) in [7, 11) is 1.97. The van der Waals surface area contributed by atoms with Crippen molar-refractivity contribution in [1.29, 1.82) is 0 Å². The Hall–Kier alpha value is -0.570. The monoisotopic (exact) mass is 170 g/mol. The topological polar surface area (TPSA) is 55.1 Å². The highest BCUT2D eigenvalue weighted by molar-refractivity contribution is 5.76. The zero-order valence-electron chi connectivity index (χ0n) is 7.68. The number of nitrogens with two attached hydrogens (primary N) is 1. The van der Waals surface area contributed by atoms with Crippen LogP contribution in [0.25, 0.3) is 0 Å². The summed E-state index contributed by atoms with van der Waals surface area (Å²) in [6, 6.07) is 0. The molecular weight excluding hydrogens is 152 g/mol. The summed E-state index contributed by atoms with van der Waals surface area (Å²) in [5.74, 6) is 0.793. The van der Waals surface area contributed by atoms with E-state index in [1.165, 1.54) is 0 Å². The minimum absolute atomic E-state index is 0.113. The van der Waals surface area contributed by atoms with Crippen LogP contribution in [0.5, 0.6) is 0 Å². The SMILES string of the molecule is CNC[C@H]1CC[C@H](C(N)=O)CC1. The van der Waals surface area contributed by atoms with Gasteiger partial charge in [-0.1, -0.05) is 0 Å². The number of hydrogen-bond donors (Lipinski definition) is 2. The van der Waals surface area contributed by atoms with Crippen molar-refractivity contribution in [2.75, 3.05) is 13.6 Å². The molecule has 1 fully saturated rings. The molecule has 0 spiro atoms. The van der Waals surface area contributed by atoms with Crippen molar-refractivity contribution < 1.29 is 4.79 Å². The van der Waals surface area contributed by atoms with E-state index < -0.39 is 0 Å². The summed E-state index contributed by atoms with van der Waals surface area (Å²) in [5, 5.41) is 3.17. The largest absolute Gasteiger partial charge is 0.369 e. The molecule has 0 radical (unpaired) electrons. The fourth-order valence-electron chi connectivity index (χ4n) is 1.94. The van der Waals surface area contributed by atoms with E-state index in [2.05, 4.69) is 5.32 Å². The zero-order chi connectivity index (χ0) is 8.97. The lowest BCUT2D eigenvalue weighted by Crippen LogP contribution is -2.30. The first-order valence-corrected chi connectivity index (χ1v) is 4.68. The average Bonchev–Trinajstić information content (AvgIpc) is 2.06. The minimum Gasteiger partial charge on any atom is -0.369 e. The molecular formula is C9H18N2O. The van der Waals surface area contributed by atoms with Gasteiger partial charge in [-0.2, -0.15) is 0 Å². The third-order valence-corrected chi connectivity index (χ3v) is 2.74. The Labute approximate surface area is 73.7 Å². The van der Waals surface area contributed by atoms with Crippen LogP contribution in [-0.2, 0) is 4.79 Å². The van der Waals surface area contributed by atoms with E-state index in [0.29, 0.717) is 0 Å². The smallest absolute Gasteiger partial charge is 0.220 e. The van der Waals surface area contributed by atoms with Gasteiger partial charge in [-0.15, -0.1) is 0 Å². The zero-order valence-corrected chi connectivity index (χ0v) is 7.68. The maximum Gasteiger partial charge on any atom is 0.220 e. The van der Waals surface area contributed by atoms with Gasteiger partial charge in [0.25, 0.3) is 0 Å². The number of rotatable bonds is 3. The van der Waals surface area contributed by atoms with Crippen LogP contribution >= 0.6 is 0 Å². The fourth-order valence-corrected chi connectivity index (χ4v) is 1.94. The number of hydrogen-bond acceptors (Lipinski definition) is 2. The van der Waals surface area contributed by atoms with Gasteiger partial charge in [0.2, 0.25) is 5.91 Å². The quantitative estimate of drug-likeness (QED) is 0.648. The maximum absolute atomic E-state index is 10.8. The van der Waals surface area contributed by atoms with Crippen molar-refractivity contribution in [3.05, 3.63) is 0 Å². The lowest BCUT2D eigenvalue weighted by Gasteiger charge is -2.26. The van der Waals surface area contributed by atoms with Crippen molar-refractivity contribution in [1.82, 2.24) is 5.32 Å². The van der Waals surface area contributed by atoms with Crippen molar-refractivity contribution in [2.45, 2.75) is 25.7 Å². The van der Waals surface area contributed by atoms with Crippen LogP contribution in [0.15, 0.2) is 0 Å². The van der Waals surface area contributed by atoms with Gasteiger partial charge in [0.1, 0.15) is 0 Å². The van der Waals surface area contributed by atoms with Crippen LogP contribution in [0.1, 0.15) is 25.7 Å². The normalized spacial score (nSPS) is 30.1. The molecule has 0 aliphatic heterocycles. The molecule has 0 saturated heterocycles. The second-order valence-electron chi connectivity index (χ2n) is 3.68. The molecule has 0 aromatic carbocycles. The van der Waals surface area contributed by atoms with Crippen molar-refractivity contribution in [3.8, 4) is 0 Å². The summed E-state index contributed by atoms with van der Waals surface area (Å²) >= 11 is 0. The summed E-state index contributed by atoms with van der Waals surface area (Å²) in [6.07, 6.45) is 4.27. The van der Waals surface area contributed by atoms with E-state index in [4.69, 9.17) is 5.73 Å². The first kappa shape index (κ1) is 9.52. The van der Waals surface area contributed by atoms with Gasteiger partial charge in [0, 0.05) is 5.92 Å². The Morgan fingerprint density at radius 1 is 1.42 bits per heavy atom. The molecule has 0 bridgehead atoms. The fraction of sp³-hybridized carbons (Fsp3) is 0.889. The lowest BCUT2D eigenvalue weighted by atomic mass is 9.82. The Bertz CT molecular complexity index is 151. The molecule has 12 heavy (non-hydrogen) atoms. The van der Waals surface area contributed by atoms with E-state index >= 15 is 0 Å². The molecule has 0 atom stereocenters. The molecule has 0 aromatic rings. The third kappa shape index (κ3) is 2.48. The van der Waals surface area contributed by atoms with Gasteiger partial charge < -0.3 is 11.1 Å². The van der Waals surface area contributed by atoms with E-state index in [9.17, 15) is 4.79 Å². The second-order valence-corrected chi connectivity index (χ2v) is 3.68. The van der Waals surface area contributed by atoms with Crippen molar-refractivity contribution >= 4 is 5.91 Å². The number of carbonyl (C=O) groups is 1. The van der Waals surface area contributed by atoms with Gasteiger partial charge in [0.15, 0.2) is 0 Å². The Kier molecular flexibility index (Phi) is 3.53. The maximum atomic E-state index is 10.8. The van der Waals surface area contributed by atoms with E-state index in [1.807, 2.05) is 7.05 Å². The highest BCUT2D eigenvalue weighted by Gasteiger charge is 2.23. The third-order valence-electron chi connectivity index (χ3n) is 2.74. The molecule has 3 N–H and O–H groups in total. The van der Waals surface area contributed by atoms with Crippen LogP contribution < -0.4 is 11.1 Å². The summed E-state index contributed by atoms with van der Waals surface area (Å²) in [4.78, 5) is 10.8. The van der Waals surface area contributed by atoms with Crippen LogP contribution in [0.3, 0.4) is 0 Å². The Balaban J connectivity index is 2.25. The first-order valence-electron chi connectivity index (χ1n) is 4.68. The van der Waals surface area contributed by atoms with Crippen molar-refractivity contribution in [3.63, 3.8) is 0 Å². The molecule has 0 unspecified atom stereocenters. The average molecular weight is 170 g/mol. The molecule has 1 saturated carbocycles. The Morgan fingerprint density at radius 2 is 2.00 bits per heavy atom. The molecule has 3 heteroatoms. The summed E-state index contributed by atoms with van der Waals surface area (Å²) in [6.45, 7) is 1.07. The molecule has 70 valence electrons. The number of primary amides is 1. The van der Waals surface area contributed by atoms with E-state index in [0.717, 1.165) is 38.1 Å². The second kappa shape index (κ2) is 4.45. The minimum atomic E-state index is -0.113. The van der Waals surface area contributed by atoms with Crippen molar-refractivity contribution in [2.24, 2.45) is 17.6 Å². The summed E-state index contributed by atoms with van der Waals surface area (Å²) < 4.78 is 0. The molecule has 1 aliphatic rings. The molecule has 1 rings (SSSR count). The van der Waals surface area contributed by atoms with Crippen LogP contribution in [0, 0.1) is 11.8 Å². The predicted molar refractivity (Wildman–Crippen MR) is 48.6 cm³/mol. The molecule has 3 nitrogen and oxygen atoms in total. The van der Waals surface area contributed by atoms with Gasteiger partial charge in [-0.3, -0.25) is 4.79 Å². The van der Waals surface area contributed by atoms with Gasteiger partial charge in [-0.25, -0.2) is 0 Å². The van der Waals surface area contributed by atoms with Gasteiger partial charge in [-0.05, 0) is 45.2 Å². The molecule has 0 heterocycles. The van der Waals surface area contributed by atoms with E-state index in [1.54, 1.807) is 0 Å². The predicted octanol–water partition coefficient (Wildman–Crippen LogP) is 0.497. The summed E-state index contributed by atoms with van der Waals surface area (Å²) in [5.41, 5.74) is 5.23. The standard InChI is InChI=1S/C9H18N2O/c1-11-6-7-2-4-8(5-3-7)9(10)12/h7-8,11H,2-6H2,1H3,(H2,10,12)/t7-,8-. The highest BCUT2D eigenvalue weighted by Crippen LogP contribution is 2.27. The van der Waals surface area contributed by atoms with Crippen LogP contribution in [0.2, 0.25) is 0 Å². The molecule has 0 aromatic heterocycles. The lowest BCUT2D eigenvalue weighted by molar-refractivity contribution is -0.122. The Morgan fingerprint density at radius 3 is 2.42 bits per heavy atom. The number of carbonyl (C=O) groups excluding carboxylic acids is 1. The highest BCUT2D eigenvalue weighted by atomic mass is 16.1. The van der Waals surface area contributed by atoms with Gasteiger partial charge in [0.05, 0.1) is 0 Å². The van der Waals surface area contributed by atoms with Gasteiger partial charge >= 0.3 is 0 Å². The van der Waals surface area contributed by atoms with Crippen LogP contribution in [0.4, 0.5) is 0 Å². The first-order chi connectivity index (χ1) is 5.74. The van der Waals surface area contributed by atoms with Crippen LogP contribution in [-0.4, -0.2) is 19.5 Å². The number of amides is 1. The molecule has 1 amide bonds. The number of nitrogens with one attached hydrogen (secondary N) is 1. The van der Waals surface area contributed by atoms with E-state index in [-0.39, 0.29) is 11.8 Å².